The smallest absolute Gasteiger partial charge is 0.330 e. The molecule has 8 nitrogen and oxygen atoms in total. The number of carbonyl (C=O) groups is 4. The standard InChI is InChI=1S/C20H30FN3O5/c1-2-3-10-29-18(26)9-8-17(25)22-12-13-4-6-14(7-5-13)23-20(28)16-11-15(21)19(27)24-16/h8-9,13-16H,2-7,10-12H2,1H3,(H,22,25)(H,23,28)(H,24,27)/b9-8+/t13?,14?,15-,16-/m0/s1. The van der Waals surface area contributed by atoms with E-state index in [1.54, 1.807) is 0 Å². The van der Waals surface area contributed by atoms with Gasteiger partial charge in [0.1, 0.15) is 6.04 Å². The first kappa shape index (κ1) is 22.8. The van der Waals surface area contributed by atoms with E-state index in [4.69, 9.17) is 4.74 Å². The van der Waals surface area contributed by atoms with Crippen LogP contribution in [0.4, 0.5) is 4.39 Å². The minimum absolute atomic E-state index is 0.0113. The first-order valence-corrected chi connectivity index (χ1v) is 10.3. The molecule has 3 amide bonds. The van der Waals surface area contributed by atoms with E-state index in [1.165, 1.54) is 6.08 Å². The van der Waals surface area contributed by atoms with Gasteiger partial charge in [-0.25, -0.2) is 9.18 Å². The first-order valence-electron chi connectivity index (χ1n) is 10.3. The normalized spacial score (nSPS) is 26.8. The monoisotopic (exact) mass is 411 g/mol. The number of halogens is 1. The molecular weight excluding hydrogens is 381 g/mol. The fraction of sp³-hybridized carbons (Fsp3) is 0.700. The Balaban J connectivity index is 1.60. The second kappa shape index (κ2) is 11.5. The van der Waals surface area contributed by atoms with Gasteiger partial charge in [0, 0.05) is 31.2 Å². The molecule has 1 heterocycles. The second-order valence-electron chi connectivity index (χ2n) is 7.59. The Labute approximate surface area is 170 Å². The summed E-state index contributed by atoms with van der Waals surface area (Å²) >= 11 is 0. The lowest BCUT2D eigenvalue weighted by atomic mass is 9.86. The van der Waals surface area contributed by atoms with Crippen LogP contribution >= 0.6 is 0 Å². The molecule has 2 atom stereocenters. The lowest BCUT2D eigenvalue weighted by Gasteiger charge is -2.29. The molecule has 1 saturated carbocycles. The van der Waals surface area contributed by atoms with Crippen molar-refractivity contribution in [2.24, 2.45) is 5.92 Å². The molecule has 1 aliphatic heterocycles. The second-order valence-corrected chi connectivity index (χ2v) is 7.59. The molecule has 0 aromatic heterocycles. The summed E-state index contributed by atoms with van der Waals surface area (Å²) in [4.78, 5) is 46.5. The van der Waals surface area contributed by atoms with Gasteiger partial charge < -0.3 is 20.7 Å². The number of esters is 1. The molecule has 162 valence electrons. The Morgan fingerprint density at radius 2 is 1.93 bits per heavy atom. The summed E-state index contributed by atoms with van der Waals surface area (Å²) in [6.07, 6.45) is 5.46. The van der Waals surface area contributed by atoms with E-state index in [1.807, 2.05) is 6.92 Å². The van der Waals surface area contributed by atoms with Crippen molar-refractivity contribution >= 4 is 23.7 Å². The number of carbonyl (C=O) groups excluding carboxylic acids is 4. The number of unbranched alkanes of at least 4 members (excludes halogenated alkanes) is 1. The number of rotatable bonds is 9. The van der Waals surface area contributed by atoms with Gasteiger partial charge in [-0.15, -0.1) is 0 Å². The van der Waals surface area contributed by atoms with Crippen molar-refractivity contribution in [2.45, 2.75) is 70.1 Å². The highest BCUT2D eigenvalue weighted by Gasteiger charge is 2.37. The van der Waals surface area contributed by atoms with Gasteiger partial charge in [0.2, 0.25) is 11.8 Å². The molecule has 0 bridgehead atoms. The summed E-state index contributed by atoms with van der Waals surface area (Å²) in [7, 11) is 0. The zero-order chi connectivity index (χ0) is 21.2. The Morgan fingerprint density at radius 1 is 1.21 bits per heavy atom. The quantitative estimate of drug-likeness (QED) is 0.296. The van der Waals surface area contributed by atoms with Gasteiger partial charge in [0.05, 0.1) is 6.61 Å². The van der Waals surface area contributed by atoms with Crippen molar-refractivity contribution < 1.29 is 28.3 Å². The Morgan fingerprint density at radius 3 is 2.55 bits per heavy atom. The predicted octanol–water partition coefficient (Wildman–Crippen LogP) is 0.904. The minimum atomic E-state index is -1.61. The molecule has 0 radical (unpaired) electrons. The summed E-state index contributed by atoms with van der Waals surface area (Å²) < 4.78 is 18.2. The SMILES string of the molecule is CCCCOC(=O)/C=C/C(=O)NCC1CCC(NC(=O)[C@@H]2C[C@H](F)C(=O)N2)CC1. The molecule has 1 aliphatic carbocycles. The highest BCUT2D eigenvalue weighted by molar-refractivity contribution is 5.94. The van der Waals surface area contributed by atoms with Crippen LogP contribution in [0.1, 0.15) is 51.9 Å². The minimum Gasteiger partial charge on any atom is -0.463 e. The van der Waals surface area contributed by atoms with Gasteiger partial charge in [-0.05, 0) is 38.0 Å². The van der Waals surface area contributed by atoms with Gasteiger partial charge in [-0.3, -0.25) is 14.4 Å². The Hall–Kier alpha value is -2.45. The summed E-state index contributed by atoms with van der Waals surface area (Å²) in [6.45, 7) is 2.84. The largest absolute Gasteiger partial charge is 0.463 e. The van der Waals surface area contributed by atoms with Gasteiger partial charge in [-0.1, -0.05) is 13.3 Å². The van der Waals surface area contributed by atoms with Crippen molar-refractivity contribution in [2.75, 3.05) is 13.2 Å². The number of ether oxygens (including phenoxy) is 1. The number of amides is 3. The maximum atomic E-state index is 13.2. The van der Waals surface area contributed by atoms with Crippen molar-refractivity contribution in [3.05, 3.63) is 12.2 Å². The Kier molecular flexibility index (Phi) is 9.08. The van der Waals surface area contributed by atoms with Crippen LogP contribution in [-0.4, -0.2) is 55.1 Å². The molecule has 0 aromatic carbocycles. The molecule has 0 aromatic rings. The fourth-order valence-electron chi connectivity index (χ4n) is 3.43. The molecule has 29 heavy (non-hydrogen) atoms. The van der Waals surface area contributed by atoms with Crippen LogP contribution in [0, 0.1) is 5.92 Å². The van der Waals surface area contributed by atoms with Gasteiger partial charge in [-0.2, -0.15) is 0 Å². The molecule has 3 N–H and O–H groups in total. The number of hydrogen-bond donors (Lipinski definition) is 3. The highest BCUT2D eigenvalue weighted by atomic mass is 19.1. The van der Waals surface area contributed by atoms with Crippen molar-refractivity contribution in [1.82, 2.24) is 16.0 Å². The highest BCUT2D eigenvalue weighted by Crippen LogP contribution is 2.24. The molecule has 1 saturated heterocycles. The van der Waals surface area contributed by atoms with Crippen molar-refractivity contribution in [3.8, 4) is 0 Å². The van der Waals surface area contributed by atoms with Gasteiger partial charge in [0.15, 0.2) is 6.17 Å². The van der Waals surface area contributed by atoms with E-state index < -0.39 is 24.1 Å². The van der Waals surface area contributed by atoms with Crippen LogP contribution in [0.5, 0.6) is 0 Å². The summed E-state index contributed by atoms with van der Waals surface area (Å²) in [5, 5.41) is 8.00. The van der Waals surface area contributed by atoms with E-state index in [0.717, 1.165) is 44.6 Å². The zero-order valence-corrected chi connectivity index (χ0v) is 16.7. The zero-order valence-electron chi connectivity index (χ0n) is 16.7. The van der Waals surface area contributed by atoms with Gasteiger partial charge >= 0.3 is 5.97 Å². The average molecular weight is 411 g/mol. The lowest BCUT2D eigenvalue weighted by Crippen LogP contribution is -2.47. The molecule has 0 spiro atoms. The third kappa shape index (κ3) is 7.83. The maximum Gasteiger partial charge on any atom is 0.330 e. The van der Waals surface area contributed by atoms with Crippen molar-refractivity contribution in [3.63, 3.8) is 0 Å². The van der Waals surface area contributed by atoms with Crippen molar-refractivity contribution in [1.29, 1.82) is 0 Å². The fourth-order valence-corrected chi connectivity index (χ4v) is 3.43. The molecule has 2 fully saturated rings. The Bertz CT molecular complexity index is 632. The summed E-state index contributed by atoms with van der Waals surface area (Å²) in [5.41, 5.74) is 0. The molecule has 2 rings (SSSR count). The lowest BCUT2D eigenvalue weighted by molar-refractivity contribution is -0.138. The molecule has 2 aliphatic rings. The number of hydrogen-bond acceptors (Lipinski definition) is 5. The van der Waals surface area contributed by atoms with Crippen LogP contribution in [0.25, 0.3) is 0 Å². The predicted molar refractivity (Wildman–Crippen MR) is 103 cm³/mol. The summed E-state index contributed by atoms with van der Waals surface area (Å²) in [6, 6.07) is -0.808. The number of nitrogens with one attached hydrogen (secondary N) is 3. The number of alkyl halides is 1. The van der Waals surface area contributed by atoms with Crippen LogP contribution in [0.3, 0.4) is 0 Å². The van der Waals surface area contributed by atoms with Crippen LogP contribution < -0.4 is 16.0 Å². The third-order valence-corrected chi connectivity index (χ3v) is 5.23. The average Bonchev–Trinajstić information content (AvgIpc) is 3.05. The van der Waals surface area contributed by atoms with E-state index in [0.29, 0.717) is 19.1 Å². The van der Waals surface area contributed by atoms with E-state index in [-0.39, 0.29) is 24.3 Å². The molecule has 9 heteroatoms. The van der Waals surface area contributed by atoms with Crippen LogP contribution in [0.15, 0.2) is 12.2 Å². The molecular formula is C20H30FN3O5. The van der Waals surface area contributed by atoms with E-state index in [2.05, 4.69) is 16.0 Å². The van der Waals surface area contributed by atoms with E-state index >= 15 is 0 Å². The van der Waals surface area contributed by atoms with Crippen LogP contribution in [0.2, 0.25) is 0 Å². The van der Waals surface area contributed by atoms with E-state index in [9.17, 15) is 23.6 Å². The topological polar surface area (TPSA) is 114 Å². The first-order chi connectivity index (χ1) is 13.9. The van der Waals surface area contributed by atoms with Crippen LogP contribution in [-0.2, 0) is 23.9 Å². The maximum absolute atomic E-state index is 13.2. The summed E-state index contributed by atoms with van der Waals surface area (Å²) in [5.74, 6) is -1.65. The molecule has 0 unspecified atom stereocenters. The van der Waals surface area contributed by atoms with Gasteiger partial charge in [0.25, 0.3) is 5.91 Å². The third-order valence-electron chi connectivity index (χ3n) is 5.23.